The lowest BCUT2D eigenvalue weighted by Crippen LogP contribution is -2.30. The van der Waals surface area contributed by atoms with Crippen LogP contribution in [0.2, 0.25) is 5.02 Å². The van der Waals surface area contributed by atoms with E-state index in [1.165, 1.54) is 17.8 Å². The quantitative estimate of drug-likeness (QED) is 0.163. The Morgan fingerprint density at radius 3 is 2.58 bits per heavy atom. The average Bonchev–Trinajstić information content (AvgIpc) is 3.56. The molecule has 0 radical (unpaired) electrons. The lowest BCUT2D eigenvalue weighted by molar-refractivity contribution is 0.574. The minimum absolute atomic E-state index is 0.249. The Bertz CT molecular complexity index is 1510. The van der Waals surface area contributed by atoms with Gasteiger partial charge in [0.25, 0.3) is 0 Å². The van der Waals surface area contributed by atoms with Crippen LogP contribution in [0.25, 0.3) is 22.7 Å². The smallest absolute Gasteiger partial charge is 0.238 e. The lowest BCUT2D eigenvalue weighted by Gasteiger charge is -2.27. The number of nitrogens with zero attached hydrogens (tertiary/aromatic N) is 7. The van der Waals surface area contributed by atoms with Crippen LogP contribution in [0.4, 0.5) is 22.3 Å². The molecule has 38 heavy (non-hydrogen) atoms. The number of rotatable bonds is 8. The van der Waals surface area contributed by atoms with Gasteiger partial charge in [-0.15, -0.1) is 10.2 Å². The van der Waals surface area contributed by atoms with Crippen LogP contribution < -0.4 is 9.80 Å². The van der Waals surface area contributed by atoms with Crippen molar-refractivity contribution in [1.29, 1.82) is 5.26 Å². The zero-order chi connectivity index (χ0) is 26.5. The summed E-state index contributed by atoms with van der Waals surface area (Å²) in [4.78, 5) is 14.7. The summed E-state index contributed by atoms with van der Waals surface area (Å²) in [6.45, 7) is 8.02. The normalized spacial score (nSPS) is 14.4. The monoisotopic (exact) mass is 545 g/mol. The zero-order valence-electron chi connectivity index (χ0n) is 21.4. The molecule has 1 aliphatic heterocycles. The number of thiazole rings is 1. The summed E-state index contributed by atoms with van der Waals surface area (Å²) in [7, 11) is 0. The van der Waals surface area contributed by atoms with E-state index in [1.54, 1.807) is 24.3 Å². The van der Waals surface area contributed by atoms with E-state index in [4.69, 9.17) is 21.0 Å². The van der Waals surface area contributed by atoms with Crippen molar-refractivity contribution in [2.24, 2.45) is 10.2 Å². The molecule has 1 fully saturated rings. The molecule has 1 saturated heterocycles. The van der Waals surface area contributed by atoms with Crippen molar-refractivity contribution in [3.63, 3.8) is 0 Å². The second-order valence-corrected chi connectivity index (χ2v) is 10.4. The number of allylic oxidation sites excluding steroid dienone is 1. The van der Waals surface area contributed by atoms with E-state index in [0.717, 1.165) is 61.1 Å². The van der Waals surface area contributed by atoms with Crippen LogP contribution in [0.15, 0.2) is 57.1 Å². The van der Waals surface area contributed by atoms with Crippen LogP contribution in [0, 0.1) is 11.3 Å². The van der Waals surface area contributed by atoms with Crippen molar-refractivity contribution >= 4 is 68.0 Å². The van der Waals surface area contributed by atoms with Gasteiger partial charge in [0.15, 0.2) is 5.58 Å². The number of aromatic nitrogens is 2. The van der Waals surface area contributed by atoms with E-state index in [0.29, 0.717) is 26.8 Å². The average molecular weight is 546 g/mol. The van der Waals surface area contributed by atoms with Gasteiger partial charge in [-0.05, 0) is 75.6 Å². The van der Waals surface area contributed by atoms with Crippen LogP contribution in [0.3, 0.4) is 0 Å². The molecule has 0 atom stereocenters. The first-order chi connectivity index (χ1) is 18.6. The van der Waals surface area contributed by atoms with Crippen LogP contribution in [0.5, 0.6) is 0 Å². The second-order valence-electron chi connectivity index (χ2n) is 8.92. The van der Waals surface area contributed by atoms with Crippen LogP contribution in [-0.4, -0.2) is 36.1 Å². The Hall–Kier alpha value is -3.74. The number of oxazole rings is 1. The van der Waals surface area contributed by atoms with Gasteiger partial charge in [0.05, 0.1) is 10.6 Å². The molecule has 0 bridgehead atoms. The number of anilines is 2. The number of piperidine rings is 1. The fraction of sp³-hybridized carbons (Fsp3) is 0.321. The van der Waals surface area contributed by atoms with E-state index in [-0.39, 0.29) is 5.89 Å². The van der Waals surface area contributed by atoms with Gasteiger partial charge < -0.3 is 14.2 Å². The molecule has 1 aliphatic rings. The van der Waals surface area contributed by atoms with Gasteiger partial charge in [-0.1, -0.05) is 22.9 Å². The lowest BCUT2D eigenvalue weighted by atomic mass is 10.1. The second kappa shape index (κ2) is 11.8. The molecule has 0 aliphatic carbocycles. The maximum absolute atomic E-state index is 9.96. The third-order valence-electron chi connectivity index (χ3n) is 6.48. The van der Waals surface area contributed by atoms with Gasteiger partial charge in [-0.2, -0.15) is 10.2 Å². The predicted molar refractivity (Wildman–Crippen MR) is 155 cm³/mol. The molecule has 0 N–H and O–H groups in total. The first-order valence-corrected chi connectivity index (χ1v) is 14.0. The summed E-state index contributed by atoms with van der Waals surface area (Å²) >= 11 is 7.48. The van der Waals surface area contributed by atoms with E-state index in [2.05, 4.69) is 57.1 Å². The zero-order valence-corrected chi connectivity index (χ0v) is 23.0. The van der Waals surface area contributed by atoms with Crippen molar-refractivity contribution < 1.29 is 4.42 Å². The maximum atomic E-state index is 9.96. The number of azo groups is 1. The SMILES string of the molecule is CCN(CC)c1ccc(N=Nc2nc(N3CCCCC3)c(/C=C(\C#N)c3nc4ccc(Cl)cc4o3)s2)cc1. The molecule has 0 spiro atoms. The molecule has 0 amide bonds. The number of nitriles is 1. The number of hydrogen-bond acceptors (Lipinski definition) is 9. The largest absolute Gasteiger partial charge is 0.435 e. The highest BCUT2D eigenvalue weighted by atomic mass is 35.5. The summed E-state index contributed by atoms with van der Waals surface area (Å²) in [5.74, 6) is 1.06. The van der Waals surface area contributed by atoms with Gasteiger partial charge in [0.1, 0.15) is 23.0 Å². The fourth-order valence-electron chi connectivity index (χ4n) is 4.49. The summed E-state index contributed by atoms with van der Waals surface area (Å²) in [6.07, 6.45) is 5.20. The molecule has 0 unspecified atom stereocenters. The molecule has 4 aromatic rings. The van der Waals surface area contributed by atoms with Crippen molar-refractivity contribution in [2.45, 2.75) is 33.1 Å². The number of halogens is 1. The fourth-order valence-corrected chi connectivity index (χ4v) is 5.50. The first kappa shape index (κ1) is 25.9. The van der Waals surface area contributed by atoms with Gasteiger partial charge in [0, 0.05) is 43.0 Å². The number of hydrogen-bond donors (Lipinski definition) is 0. The number of fused-ring (bicyclic) bond motifs is 1. The van der Waals surface area contributed by atoms with E-state index < -0.39 is 0 Å². The van der Waals surface area contributed by atoms with E-state index in [1.807, 2.05) is 12.1 Å². The molecule has 2 aromatic carbocycles. The van der Waals surface area contributed by atoms with E-state index >= 15 is 0 Å². The van der Waals surface area contributed by atoms with Crippen molar-refractivity contribution in [2.75, 3.05) is 36.0 Å². The Labute approximate surface area is 230 Å². The Morgan fingerprint density at radius 2 is 1.87 bits per heavy atom. The molecule has 2 aromatic heterocycles. The number of benzene rings is 2. The molecule has 194 valence electrons. The molecule has 5 rings (SSSR count). The van der Waals surface area contributed by atoms with Gasteiger partial charge >= 0.3 is 0 Å². The molecule has 8 nitrogen and oxygen atoms in total. The van der Waals surface area contributed by atoms with Crippen LogP contribution in [0.1, 0.15) is 43.9 Å². The highest BCUT2D eigenvalue weighted by molar-refractivity contribution is 7.16. The minimum atomic E-state index is 0.249. The topological polar surface area (TPSA) is 93.9 Å². The van der Waals surface area contributed by atoms with E-state index in [9.17, 15) is 5.26 Å². The molecular weight excluding hydrogens is 518 g/mol. The highest BCUT2D eigenvalue weighted by Gasteiger charge is 2.21. The third-order valence-corrected chi connectivity index (χ3v) is 7.60. The molecular formula is C28H28ClN7OS. The Kier molecular flexibility index (Phi) is 8.01. The van der Waals surface area contributed by atoms with Crippen LogP contribution in [-0.2, 0) is 0 Å². The Morgan fingerprint density at radius 1 is 1.11 bits per heavy atom. The summed E-state index contributed by atoms with van der Waals surface area (Å²) in [6, 6.07) is 15.5. The van der Waals surface area contributed by atoms with Gasteiger partial charge in [-0.25, -0.2) is 4.98 Å². The third kappa shape index (κ3) is 5.72. The Balaban J connectivity index is 1.46. The summed E-state index contributed by atoms with van der Waals surface area (Å²) in [5.41, 5.74) is 3.42. The molecule has 3 heterocycles. The van der Waals surface area contributed by atoms with Crippen molar-refractivity contribution in [3.05, 3.63) is 58.3 Å². The minimum Gasteiger partial charge on any atom is -0.435 e. The van der Waals surface area contributed by atoms with Gasteiger partial charge in [0.2, 0.25) is 11.0 Å². The van der Waals surface area contributed by atoms with Crippen molar-refractivity contribution in [1.82, 2.24) is 9.97 Å². The predicted octanol–water partition coefficient (Wildman–Crippen LogP) is 8.25. The summed E-state index contributed by atoms with van der Waals surface area (Å²) in [5, 5.41) is 19.9. The molecule has 10 heteroatoms. The highest BCUT2D eigenvalue weighted by Crippen LogP contribution is 2.37. The maximum Gasteiger partial charge on any atom is 0.238 e. The standard InChI is InChI=1S/C28H28ClN7OS/c1-3-35(4-2)22-11-9-21(10-12-22)33-34-28-32-26(36-14-6-5-7-15-36)25(38-28)16-19(18-30)27-31-23-13-8-20(29)17-24(23)37-27/h8-13,16-17H,3-7,14-15H2,1-2H3/b19-16+,34-33?. The molecule has 0 saturated carbocycles. The van der Waals surface area contributed by atoms with Crippen molar-refractivity contribution in [3.8, 4) is 6.07 Å². The first-order valence-electron chi connectivity index (χ1n) is 12.8. The summed E-state index contributed by atoms with van der Waals surface area (Å²) < 4.78 is 5.85. The van der Waals surface area contributed by atoms with Gasteiger partial charge in [-0.3, -0.25) is 0 Å². The van der Waals surface area contributed by atoms with Crippen LogP contribution >= 0.6 is 22.9 Å².